The van der Waals surface area contributed by atoms with E-state index in [1.54, 1.807) is 0 Å². The van der Waals surface area contributed by atoms with E-state index in [4.69, 9.17) is 0 Å². The fourth-order valence-electron chi connectivity index (χ4n) is 9.22. The number of hydrogen-bond acceptors (Lipinski definition) is 3. The number of fused-ring (bicyclic) bond motifs is 3. The number of halogens is 2. The van der Waals surface area contributed by atoms with Gasteiger partial charge in [-0.25, -0.2) is 8.78 Å². The molecule has 0 aromatic heterocycles. The van der Waals surface area contributed by atoms with E-state index in [1.807, 2.05) is 11.9 Å². The van der Waals surface area contributed by atoms with Crippen LogP contribution in [-0.2, 0) is 10.2 Å². The predicted molar refractivity (Wildman–Crippen MR) is 160 cm³/mol. The minimum Gasteiger partial charge on any atom is -0.364 e. The van der Waals surface area contributed by atoms with Gasteiger partial charge in [0.1, 0.15) is 0 Å². The SMILES string of the molecule is CC1NC2=CCCC=C2N1C1CC2CC[C@@H](C1)C2CCC(C)(CN(C)C(=O)C1CCC(F)(F)CC1)c1ccccc1. The van der Waals surface area contributed by atoms with Gasteiger partial charge >= 0.3 is 0 Å². The van der Waals surface area contributed by atoms with Gasteiger partial charge in [0.15, 0.2) is 0 Å². The van der Waals surface area contributed by atoms with Crippen molar-refractivity contribution in [3.8, 4) is 0 Å². The maximum atomic E-state index is 13.7. The highest BCUT2D eigenvalue weighted by Crippen LogP contribution is 2.52. The van der Waals surface area contributed by atoms with Crippen molar-refractivity contribution in [2.75, 3.05) is 13.6 Å². The highest BCUT2D eigenvalue weighted by Gasteiger charge is 2.47. The second-order valence-corrected chi connectivity index (χ2v) is 14.2. The second kappa shape index (κ2) is 11.4. The quantitative estimate of drug-likeness (QED) is 0.352. The highest BCUT2D eigenvalue weighted by atomic mass is 19.3. The molecule has 1 aromatic carbocycles. The number of carbonyl (C=O) groups is 1. The molecule has 4 aliphatic carbocycles. The minimum atomic E-state index is -2.61. The number of carbonyl (C=O) groups excluding carboxylic acids is 1. The Balaban J connectivity index is 1.12. The molecule has 0 spiro atoms. The number of allylic oxidation sites excluding steroid dienone is 2. The summed E-state index contributed by atoms with van der Waals surface area (Å²) in [6, 6.07) is 11.3. The summed E-state index contributed by atoms with van der Waals surface area (Å²) in [5.74, 6) is -0.554. The van der Waals surface area contributed by atoms with Crippen LogP contribution >= 0.6 is 0 Å². The molecule has 4 nitrogen and oxygen atoms in total. The first kappa shape index (κ1) is 28.7. The predicted octanol–water partition coefficient (Wildman–Crippen LogP) is 7.63. The monoisotopic (exact) mass is 565 g/mol. The number of amides is 1. The van der Waals surface area contributed by atoms with Crippen LogP contribution in [0.5, 0.6) is 0 Å². The third-order valence-corrected chi connectivity index (χ3v) is 11.4. The summed E-state index contributed by atoms with van der Waals surface area (Å²) in [7, 11) is 1.89. The van der Waals surface area contributed by atoms with Crippen LogP contribution < -0.4 is 5.32 Å². The molecule has 6 heteroatoms. The van der Waals surface area contributed by atoms with Crippen molar-refractivity contribution in [1.29, 1.82) is 0 Å². The standard InChI is InChI=1S/C35H49F2N3O/c1-24-38-31-11-7-8-12-32(31)40(24)29-21-26-13-14-27(22-29)30(26)17-18-34(2,28-9-5-4-6-10-28)23-39(3)33(41)25-15-19-35(36,37)20-16-25/h4-6,9-12,24-27,29-30,38H,7-8,13-23H2,1-3H3/t24?,26-,27?,29?,30?,34?/m0/s1. The number of nitrogens with one attached hydrogen (secondary N) is 1. The van der Waals surface area contributed by atoms with E-state index >= 15 is 0 Å². The van der Waals surface area contributed by atoms with E-state index in [0.29, 0.717) is 31.6 Å². The van der Waals surface area contributed by atoms with Crippen LogP contribution in [0.3, 0.4) is 0 Å². The molecular formula is C35H49F2N3O. The minimum absolute atomic E-state index is 0.0435. The molecule has 4 fully saturated rings. The normalized spacial score (nSPS) is 32.4. The summed E-state index contributed by atoms with van der Waals surface area (Å²) in [5.41, 5.74) is 3.90. The summed E-state index contributed by atoms with van der Waals surface area (Å²) < 4.78 is 27.5. The van der Waals surface area contributed by atoms with Crippen LogP contribution in [0.1, 0.15) is 96.5 Å². The average molecular weight is 566 g/mol. The Bertz CT molecular complexity index is 1140. The first-order chi connectivity index (χ1) is 19.6. The first-order valence-electron chi connectivity index (χ1n) is 16.3. The Labute approximate surface area is 245 Å². The van der Waals surface area contributed by atoms with Crippen molar-refractivity contribution in [2.24, 2.45) is 23.7 Å². The lowest BCUT2D eigenvalue weighted by Crippen LogP contribution is -2.46. The number of alkyl halides is 2. The van der Waals surface area contributed by atoms with E-state index in [1.165, 1.54) is 49.1 Å². The molecule has 6 atom stereocenters. The lowest BCUT2D eigenvalue weighted by molar-refractivity contribution is -0.139. The Hall–Kier alpha value is -2.37. The number of rotatable bonds is 8. The van der Waals surface area contributed by atoms with E-state index in [9.17, 15) is 13.6 Å². The lowest BCUT2D eigenvalue weighted by atomic mass is 9.69. The topological polar surface area (TPSA) is 35.6 Å². The van der Waals surface area contributed by atoms with Gasteiger partial charge in [-0.15, -0.1) is 0 Å². The smallest absolute Gasteiger partial charge is 0.248 e. The number of benzene rings is 1. The van der Waals surface area contributed by atoms with Gasteiger partial charge in [-0.1, -0.05) is 49.4 Å². The Morgan fingerprint density at radius 3 is 2.39 bits per heavy atom. The van der Waals surface area contributed by atoms with Gasteiger partial charge in [-0.05, 0) is 94.4 Å². The molecule has 5 aliphatic rings. The lowest BCUT2D eigenvalue weighted by Gasteiger charge is -2.43. The van der Waals surface area contributed by atoms with Gasteiger partial charge in [-0.3, -0.25) is 4.79 Å². The van der Waals surface area contributed by atoms with Gasteiger partial charge in [0.25, 0.3) is 0 Å². The van der Waals surface area contributed by atoms with Gasteiger partial charge in [0, 0.05) is 43.8 Å². The van der Waals surface area contributed by atoms with Gasteiger partial charge < -0.3 is 15.1 Å². The molecule has 1 aliphatic heterocycles. The zero-order valence-electron chi connectivity index (χ0n) is 25.3. The molecule has 41 heavy (non-hydrogen) atoms. The molecule has 1 aromatic rings. The maximum Gasteiger partial charge on any atom is 0.248 e. The van der Waals surface area contributed by atoms with Gasteiger partial charge in [-0.2, -0.15) is 0 Å². The van der Waals surface area contributed by atoms with E-state index in [0.717, 1.165) is 37.0 Å². The summed E-state index contributed by atoms with van der Waals surface area (Å²) in [6.07, 6.45) is 15.2. The molecule has 0 radical (unpaired) electrons. The molecule has 3 saturated carbocycles. The largest absolute Gasteiger partial charge is 0.364 e. The Kier molecular flexibility index (Phi) is 7.97. The summed E-state index contributed by atoms with van der Waals surface area (Å²) >= 11 is 0. The fraction of sp³-hybridized carbons (Fsp3) is 0.686. The van der Waals surface area contributed by atoms with Crippen LogP contribution in [0.15, 0.2) is 53.9 Å². The maximum absolute atomic E-state index is 13.7. The number of hydrogen-bond donors (Lipinski definition) is 1. The highest BCUT2D eigenvalue weighted by molar-refractivity contribution is 5.78. The van der Waals surface area contributed by atoms with E-state index in [2.05, 4.69) is 66.5 Å². The molecule has 1 saturated heterocycles. The summed E-state index contributed by atoms with van der Waals surface area (Å²) in [4.78, 5) is 17.9. The molecule has 1 N–H and O–H groups in total. The van der Waals surface area contributed by atoms with Crippen molar-refractivity contribution < 1.29 is 13.6 Å². The second-order valence-electron chi connectivity index (χ2n) is 14.2. The van der Waals surface area contributed by atoms with Crippen LogP contribution in [0, 0.1) is 23.7 Å². The van der Waals surface area contributed by atoms with Gasteiger partial charge in [0.2, 0.25) is 11.8 Å². The Morgan fingerprint density at radius 2 is 1.71 bits per heavy atom. The van der Waals surface area contributed by atoms with Crippen molar-refractivity contribution >= 4 is 5.91 Å². The Morgan fingerprint density at radius 1 is 1.05 bits per heavy atom. The molecule has 2 bridgehead atoms. The molecular weight excluding hydrogens is 516 g/mol. The summed E-state index contributed by atoms with van der Waals surface area (Å²) in [5, 5.41) is 3.73. The zero-order valence-corrected chi connectivity index (χ0v) is 25.3. The van der Waals surface area contributed by atoms with Crippen molar-refractivity contribution in [3.63, 3.8) is 0 Å². The van der Waals surface area contributed by atoms with Crippen molar-refractivity contribution in [3.05, 3.63) is 59.4 Å². The number of nitrogens with zero attached hydrogens (tertiary/aromatic N) is 2. The van der Waals surface area contributed by atoms with Crippen LogP contribution in [0.4, 0.5) is 8.78 Å². The average Bonchev–Trinajstić information content (AvgIpc) is 3.42. The van der Waals surface area contributed by atoms with Crippen LogP contribution in [0.25, 0.3) is 0 Å². The van der Waals surface area contributed by atoms with Crippen molar-refractivity contribution in [2.45, 2.75) is 114 Å². The molecule has 1 heterocycles. The zero-order chi connectivity index (χ0) is 28.8. The van der Waals surface area contributed by atoms with Gasteiger partial charge in [0.05, 0.1) is 17.6 Å². The van der Waals surface area contributed by atoms with Crippen LogP contribution in [-0.4, -0.2) is 47.4 Å². The molecule has 224 valence electrons. The first-order valence-corrected chi connectivity index (χ1v) is 16.3. The fourth-order valence-corrected chi connectivity index (χ4v) is 9.22. The van der Waals surface area contributed by atoms with E-state index in [-0.39, 0.29) is 30.1 Å². The molecule has 1 amide bonds. The van der Waals surface area contributed by atoms with Crippen molar-refractivity contribution in [1.82, 2.24) is 15.1 Å². The van der Waals surface area contributed by atoms with Crippen LogP contribution in [0.2, 0.25) is 0 Å². The third kappa shape index (κ3) is 5.82. The summed E-state index contributed by atoms with van der Waals surface area (Å²) in [6.45, 7) is 5.26. The molecule has 6 rings (SSSR count). The number of likely N-dealkylation sites (N-methyl/N-ethyl adjacent to an activating group) is 1. The third-order valence-electron chi connectivity index (χ3n) is 11.4. The molecule has 5 unspecified atom stereocenters. The van der Waals surface area contributed by atoms with E-state index < -0.39 is 5.92 Å².